The van der Waals surface area contributed by atoms with Gasteiger partial charge in [-0.05, 0) is 42.7 Å². The van der Waals surface area contributed by atoms with Crippen LogP contribution >= 0.6 is 0 Å². The summed E-state index contributed by atoms with van der Waals surface area (Å²) in [5.41, 5.74) is 7.31. The smallest absolute Gasteiger partial charge is 0.161 e. The molecule has 0 aliphatic carbocycles. The van der Waals surface area contributed by atoms with Gasteiger partial charge in [0.05, 0.1) is 30.8 Å². The van der Waals surface area contributed by atoms with Crippen LogP contribution in [0.4, 0.5) is 0 Å². The van der Waals surface area contributed by atoms with Gasteiger partial charge in [0.2, 0.25) is 0 Å². The average Bonchev–Trinajstić information content (AvgIpc) is 3.19. The molecule has 0 saturated heterocycles. The van der Waals surface area contributed by atoms with Gasteiger partial charge < -0.3 is 13.9 Å². The maximum absolute atomic E-state index is 12.2. The van der Waals surface area contributed by atoms with Gasteiger partial charge in [0, 0.05) is 23.3 Å². The first kappa shape index (κ1) is 16.5. The van der Waals surface area contributed by atoms with Crippen molar-refractivity contribution < 1.29 is 14.3 Å². The minimum absolute atomic E-state index is 0.0574. The van der Waals surface area contributed by atoms with Crippen LogP contribution in [0.15, 0.2) is 42.5 Å². The second-order valence-electron chi connectivity index (χ2n) is 6.44. The highest BCUT2D eigenvalue weighted by molar-refractivity contribution is 6.08. The molecule has 4 nitrogen and oxygen atoms in total. The van der Waals surface area contributed by atoms with Crippen LogP contribution in [0.2, 0.25) is 0 Å². The van der Waals surface area contributed by atoms with E-state index < -0.39 is 0 Å². The van der Waals surface area contributed by atoms with Crippen molar-refractivity contribution in [3.05, 3.63) is 53.6 Å². The molecule has 0 aliphatic rings. The van der Waals surface area contributed by atoms with Gasteiger partial charge in [-0.1, -0.05) is 19.1 Å². The topological polar surface area (TPSA) is 39.9 Å². The summed E-state index contributed by atoms with van der Waals surface area (Å²) >= 11 is 0. The fourth-order valence-electron chi connectivity index (χ4n) is 3.83. The maximum atomic E-state index is 12.2. The van der Waals surface area contributed by atoms with Crippen molar-refractivity contribution in [1.29, 1.82) is 0 Å². The van der Waals surface area contributed by atoms with Crippen LogP contribution in [0.5, 0.6) is 11.5 Å². The molecule has 132 valence electrons. The van der Waals surface area contributed by atoms with E-state index in [1.54, 1.807) is 21.1 Å². The number of carbonyl (C=O) groups excluding carboxylic acids is 1. The third-order valence-corrected chi connectivity index (χ3v) is 5.05. The number of methoxy groups -OCH3 is 2. The lowest BCUT2D eigenvalue weighted by atomic mass is 9.99. The lowest BCUT2D eigenvalue weighted by Crippen LogP contribution is -1.94. The summed E-state index contributed by atoms with van der Waals surface area (Å²) in [4.78, 5) is 12.2. The van der Waals surface area contributed by atoms with E-state index in [9.17, 15) is 4.79 Å². The molecule has 0 aliphatic heterocycles. The number of rotatable bonds is 5. The third-order valence-electron chi connectivity index (χ3n) is 5.05. The van der Waals surface area contributed by atoms with Crippen molar-refractivity contribution in [2.75, 3.05) is 14.2 Å². The Kier molecular flexibility index (Phi) is 3.83. The number of nitrogens with zero attached hydrogens (tertiary/aromatic N) is 1. The van der Waals surface area contributed by atoms with Crippen LogP contribution in [-0.4, -0.2) is 24.4 Å². The highest BCUT2D eigenvalue weighted by Crippen LogP contribution is 2.40. The third kappa shape index (κ3) is 2.25. The summed E-state index contributed by atoms with van der Waals surface area (Å²) in [6, 6.07) is 14.1. The molecule has 4 heteroatoms. The number of aromatic nitrogens is 1. The minimum Gasteiger partial charge on any atom is -0.497 e. The Labute approximate surface area is 152 Å². The average molecular weight is 347 g/mol. The van der Waals surface area contributed by atoms with Crippen molar-refractivity contribution in [3.63, 3.8) is 0 Å². The Morgan fingerprint density at radius 3 is 2.15 bits per heavy atom. The largest absolute Gasteiger partial charge is 0.497 e. The van der Waals surface area contributed by atoms with Crippen LogP contribution in [0.3, 0.4) is 0 Å². The number of hydrogen-bond donors (Lipinski definition) is 0. The Bertz CT molecular complexity index is 1110. The first-order chi connectivity index (χ1) is 12.6. The summed E-state index contributed by atoms with van der Waals surface area (Å²) in [5.74, 6) is 1.65. The first-order valence-corrected chi connectivity index (χ1v) is 8.71. The highest BCUT2D eigenvalue weighted by atomic mass is 16.5. The van der Waals surface area contributed by atoms with Crippen molar-refractivity contribution in [2.45, 2.75) is 20.3 Å². The van der Waals surface area contributed by atoms with E-state index in [1.807, 2.05) is 24.3 Å². The minimum atomic E-state index is 0.0574. The summed E-state index contributed by atoms with van der Waals surface area (Å²) in [6.07, 6.45) is 0.890. The fraction of sp³-hybridized carbons (Fsp3) is 0.227. The van der Waals surface area contributed by atoms with Gasteiger partial charge in [0.15, 0.2) is 5.78 Å². The number of Topliss-reactive ketones (excluding diaryl/α,β-unsaturated/α-hetero) is 1. The lowest BCUT2D eigenvalue weighted by Gasteiger charge is -2.07. The molecular formula is C22H21NO3. The van der Waals surface area contributed by atoms with Crippen LogP contribution in [0.1, 0.15) is 29.8 Å². The molecule has 0 spiro atoms. The second kappa shape index (κ2) is 6.06. The zero-order valence-electron chi connectivity index (χ0n) is 15.4. The molecule has 4 aromatic rings. The van der Waals surface area contributed by atoms with Gasteiger partial charge >= 0.3 is 0 Å². The number of hydrogen-bond acceptors (Lipinski definition) is 3. The molecule has 4 rings (SSSR count). The monoisotopic (exact) mass is 347 g/mol. The number of benzene rings is 1. The van der Waals surface area contributed by atoms with Crippen molar-refractivity contribution in [3.8, 4) is 22.6 Å². The molecule has 3 aromatic heterocycles. The van der Waals surface area contributed by atoms with Crippen LogP contribution in [0.25, 0.3) is 27.7 Å². The Hall–Kier alpha value is -3.01. The van der Waals surface area contributed by atoms with Gasteiger partial charge in [-0.3, -0.25) is 4.79 Å². The molecule has 0 amide bonds. The molecule has 0 fully saturated rings. The predicted octanol–water partition coefficient (Wildman–Crippen LogP) is 4.98. The van der Waals surface area contributed by atoms with Crippen LogP contribution in [-0.2, 0) is 6.42 Å². The van der Waals surface area contributed by atoms with Gasteiger partial charge in [-0.2, -0.15) is 0 Å². The molecule has 1 aromatic carbocycles. The van der Waals surface area contributed by atoms with E-state index in [1.165, 1.54) is 11.1 Å². The number of pyridine rings is 1. The van der Waals surface area contributed by atoms with Crippen molar-refractivity contribution >= 4 is 22.3 Å². The summed E-state index contributed by atoms with van der Waals surface area (Å²) in [5, 5.41) is 0. The molecule has 0 atom stereocenters. The molecule has 0 unspecified atom stereocenters. The zero-order chi connectivity index (χ0) is 18.4. The molecular weight excluding hydrogens is 326 g/mol. The number of aryl methyl sites for hydroxylation is 1. The summed E-state index contributed by atoms with van der Waals surface area (Å²) < 4.78 is 13.0. The Balaban J connectivity index is 2.12. The van der Waals surface area contributed by atoms with Gasteiger partial charge in [-0.15, -0.1) is 0 Å². The Morgan fingerprint density at radius 2 is 1.58 bits per heavy atom. The zero-order valence-corrected chi connectivity index (χ0v) is 15.4. The number of ketones is 1. The standard InChI is InChI=1S/C22H21NO3/c1-5-17-19-10-16(26-4)11-20-18(13(2)24)12-21(23(19)20)22(17)14-6-8-15(25-3)9-7-14/h6-12H,5H2,1-4H3. The van der Waals surface area contributed by atoms with E-state index in [2.05, 4.69) is 29.5 Å². The van der Waals surface area contributed by atoms with Gasteiger partial charge in [-0.25, -0.2) is 0 Å². The van der Waals surface area contributed by atoms with E-state index in [0.717, 1.165) is 45.6 Å². The van der Waals surface area contributed by atoms with Gasteiger partial charge in [0.25, 0.3) is 0 Å². The molecule has 26 heavy (non-hydrogen) atoms. The fourth-order valence-corrected chi connectivity index (χ4v) is 3.83. The lowest BCUT2D eigenvalue weighted by molar-refractivity contribution is 0.101. The maximum Gasteiger partial charge on any atom is 0.161 e. The number of carbonyl (C=O) groups is 1. The highest BCUT2D eigenvalue weighted by Gasteiger charge is 2.22. The molecule has 0 radical (unpaired) electrons. The molecule has 0 bridgehead atoms. The van der Waals surface area contributed by atoms with E-state index in [0.29, 0.717) is 0 Å². The van der Waals surface area contributed by atoms with Gasteiger partial charge in [0.1, 0.15) is 11.5 Å². The quantitative estimate of drug-likeness (QED) is 0.478. The van der Waals surface area contributed by atoms with E-state index in [4.69, 9.17) is 9.47 Å². The molecule has 0 saturated carbocycles. The summed E-state index contributed by atoms with van der Waals surface area (Å²) in [7, 11) is 3.32. The van der Waals surface area contributed by atoms with E-state index in [-0.39, 0.29) is 5.78 Å². The molecule has 0 N–H and O–H groups in total. The van der Waals surface area contributed by atoms with Crippen LogP contribution < -0.4 is 9.47 Å². The SMILES string of the molecule is CCc1c(-c2ccc(OC)cc2)c2cc(C(C)=O)c3cc(OC)cc1n32. The molecule has 3 heterocycles. The predicted molar refractivity (Wildman–Crippen MR) is 104 cm³/mol. The van der Waals surface area contributed by atoms with Crippen LogP contribution in [0, 0.1) is 0 Å². The Morgan fingerprint density at radius 1 is 0.923 bits per heavy atom. The number of ether oxygens (including phenoxy) is 2. The second-order valence-corrected chi connectivity index (χ2v) is 6.44. The van der Waals surface area contributed by atoms with E-state index >= 15 is 0 Å². The van der Waals surface area contributed by atoms with Crippen molar-refractivity contribution in [1.82, 2.24) is 4.40 Å². The first-order valence-electron chi connectivity index (χ1n) is 8.71. The van der Waals surface area contributed by atoms with Crippen molar-refractivity contribution in [2.24, 2.45) is 0 Å². The normalized spacial score (nSPS) is 11.4. The summed E-state index contributed by atoms with van der Waals surface area (Å²) in [6.45, 7) is 3.76.